The van der Waals surface area contributed by atoms with Gasteiger partial charge in [0.1, 0.15) is 0 Å². The van der Waals surface area contributed by atoms with Crippen LogP contribution in [0.4, 0.5) is 0 Å². The summed E-state index contributed by atoms with van der Waals surface area (Å²) in [6.07, 6.45) is 2.81. The van der Waals surface area contributed by atoms with Crippen LogP contribution in [-0.2, 0) is 11.3 Å². The van der Waals surface area contributed by atoms with Crippen molar-refractivity contribution in [2.24, 2.45) is 4.99 Å². The first-order chi connectivity index (χ1) is 11.3. The highest BCUT2D eigenvalue weighted by atomic mass is 127. The van der Waals surface area contributed by atoms with Gasteiger partial charge in [0.2, 0.25) is 0 Å². The number of hydrogen-bond donors (Lipinski definition) is 2. The van der Waals surface area contributed by atoms with E-state index in [9.17, 15) is 0 Å². The minimum atomic E-state index is 0. The monoisotopic (exact) mass is 442 g/mol. The van der Waals surface area contributed by atoms with Gasteiger partial charge < -0.3 is 15.4 Å². The van der Waals surface area contributed by atoms with Gasteiger partial charge in [-0.05, 0) is 38.0 Å². The van der Waals surface area contributed by atoms with Crippen LogP contribution in [0.15, 0.2) is 41.5 Å². The van der Waals surface area contributed by atoms with Crippen molar-refractivity contribution in [1.82, 2.24) is 15.6 Å². The first-order valence-corrected chi connectivity index (χ1v) is 8.27. The molecular weight excluding hydrogens is 415 g/mol. The van der Waals surface area contributed by atoms with Crippen LogP contribution >= 0.6 is 24.0 Å². The molecule has 0 atom stereocenters. The van der Waals surface area contributed by atoms with Gasteiger partial charge in [-0.15, -0.1) is 24.0 Å². The van der Waals surface area contributed by atoms with E-state index in [-0.39, 0.29) is 24.0 Å². The topological polar surface area (TPSA) is 58.5 Å². The number of aromatic nitrogens is 1. The van der Waals surface area contributed by atoms with Crippen LogP contribution in [0.1, 0.15) is 25.8 Å². The van der Waals surface area contributed by atoms with Crippen LogP contribution in [0.25, 0.3) is 10.9 Å². The van der Waals surface area contributed by atoms with Crippen molar-refractivity contribution in [3.8, 4) is 0 Å². The second kappa shape index (κ2) is 12.0. The Balaban J connectivity index is 0.00000288. The summed E-state index contributed by atoms with van der Waals surface area (Å²) in [5.41, 5.74) is 2.19. The van der Waals surface area contributed by atoms with Crippen molar-refractivity contribution >= 4 is 40.8 Å². The smallest absolute Gasteiger partial charge is 0.191 e. The van der Waals surface area contributed by atoms with Crippen LogP contribution in [0.3, 0.4) is 0 Å². The fraction of sp³-hybridized carbons (Fsp3) is 0.444. The Morgan fingerprint density at radius 3 is 2.79 bits per heavy atom. The van der Waals surface area contributed by atoms with Gasteiger partial charge in [0, 0.05) is 37.9 Å². The van der Waals surface area contributed by atoms with Crippen molar-refractivity contribution in [3.63, 3.8) is 0 Å². The lowest BCUT2D eigenvalue weighted by molar-refractivity contribution is 0.145. The van der Waals surface area contributed by atoms with Crippen LogP contribution in [0.2, 0.25) is 0 Å². The maximum Gasteiger partial charge on any atom is 0.191 e. The van der Waals surface area contributed by atoms with Gasteiger partial charge in [-0.25, -0.2) is 4.99 Å². The van der Waals surface area contributed by atoms with Crippen molar-refractivity contribution in [3.05, 3.63) is 42.1 Å². The Hall–Kier alpha value is -1.41. The summed E-state index contributed by atoms with van der Waals surface area (Å²) in [6.45, 7) is 7.94. The summed E-state index contributed by atoms with van der Waals surface area (Å²) < 4.78 is 5.35. The molecule has 2 N–H and O–H groups in total. The molecule has 0 aliphatic heterocycles. The third-order valence-electron chi connectivity index (χ3n) is 3.45. The Kier molecular flexibility index (Phi) is 10.3. The molecule has 0 radical (unpaired) electrons. The van der Waals surface area contributed by atoms with Crippen molar-refractivity contribution in [2.75, 3.05) is 26.3 Å². The minimum Gasteiger partial charge on any atom is -0.382 e. The molecule has 0 saturated heterocycles. The van der Waals surface area contributed by atoms with Crippen LogP contribution in [-0.4, -0.2) is 37.2 Å². The van der Waals surface area contributed by atoms with E-state index in [1.807, 2.05) is 37.4 Å². The summed E-state index contributed by atoms with van der Waals surface area (Å²) in [6, 6.07) is 10.2. The molecule has 132 valence electrons. The molecule has 6 heteroatoms. The lowest BCUT2D eigenvalue weighted by atomic mass is 10.1. The average Bonchev–Trinajstić information content (AvgIpc) is 2.59. The zero-order valence-electron chi connectivity index (χ0n) is 14.4. The number of benzene rings is 1. The van der Waals surface area contributed by atoms with E-state index in [0.717, 1.165) is 49.6 Å². The number of nitrogens with zero attached hydrogens (tertiary/aromatic N) is 2. The van der Waals surface area contributed by atoms with Gasteiger partial charge in [0.15, 0.2) is 5.96 Å². The van der Waals surface area contributed by atoms with Crippen LogP contribution in [0.5, 0.6) is 0 Å². The van der Waals surface area contributed by atoms with E-state index in [2.05, 4.69) is 33.6 Å². The van der Waals surface area contributed by atoms with Gasteiger partial charge in [0.25, 0.3) is 0 Å². The summed E-state index contributed by atoms with van der Waals surface area (Å²) in [7, 11) is 0. The van der Waals surface area contributed by atoms with E-state index in [4.69, 9.17) is 4.74 Å². The second-order valence-electron chi connectivity index (χ2n) is 5.16. The number of para-hydroxylation sites is 1. The summed E-state index contributed by atoms with van der Waals surface area (Å²) in [4.78, 5) is 9.07. The largest absolute Gasteiger partial charge is 0.382 e. The van der Waals surface area contributed by atoms with Crippen LogP contribution < -0.4 is 10.6 Å². The zero-order chi connectivity index (χ0) is 16.3. The number of aliphatic imine (C=N–C) groups is 1. The Morgan fingerprint density at radius 2 is 2.00 bits per heavy atom. The van der Waals surface area contributed by atoms with E-state index in [0.29, 0.717) is 6.54 Å². The van der Waals surface area contributed by atoms with E-state index in [1.165, 1.54) is 5.56 Å². The van der Waals surface area contributed by atoms with Gasteiger partial charge in [0.05, 0.1) is 12.1 Å². The molecule has 5 nitrogen and oxygen atoms in total. The molecule has 0 fully saturated rings. The zero-order valence-corrected chi connectivity index (χ0v) is 16.7. The molecule has 1 aromatic carbocycles. The SMILES string of the molecule is CCNC(=NCc1ccnc2ccccc12)NCCCOCC.I. The van der Waals surface area contributed by atoms with E-state index in [1.54, 1.807) is 0 Å². The van der Waals surface area contributed by atoms with Gasteiger partial charge in [-0.2, -0.15) is 0 Å². The molecule has 1 heterocycles. The van der Waals surface area contributed by atoms with Crippen molar-refractivity contribution in [1.29, 1.82) is 0 Å². The van der Waals surface area contributed by atoms with Crippen molar-refractivity contribution in [2.45, 2.75) is 26.8 Å². The lowest BCUT2D eigenvalue weighted by Crippen LogP contribution is -2.38. The predicted octanol–water partition coefficient (Wildman–Crippen LogP) is 3.33. The van der Waals surface area contributed by atoms with Gasteiger partial charge in [-0.3, -0.25) is 4.98 Å². The number of hydrogen-bond acceptors (Lipinski definition) is 3. The van der Waals surface area contributed by atoms with Crippen molar-refractivity contribution < 1.29 is 4.74 Å². The summed E-state index contributed by atoms with van der Waals surface area (Å²) >= 11 is 0. The number of pyridine rings is 1. The molecular formula is C18H27IN4O. The van der Waals surface area contributed by atoms with E-state index >= 15 is 0 Å². The quantitative estimate of drug-likeness (QED) is 0.285. The molecule has 2 aromatic rings. The number of rotatable bonds is 8. The molecule has 0 spiro atoms. The standard InChI is InChI=1S/C18H26N4O.HI/c1-3-19-18(21-11-7-13-23-4-2)22-14-15-10-12-20-17-9-6-5-8-16(15)17;/h5-6,8-10,12H,3-4,7,11,13-14H2,1-2H3,(H2,19,21,22);1H. The molecule has 24 heavy (non-hydrogen) atoms. The molecule has 0 amide bonds. The number of halogens is 1. The third-order valence-corrected chi connectivity index (χ3v) is 3.45. The fourth-order valence-corrected chi connectivity index (χ4v) is 2.32. The average molecular weight is 442 g/mol. The minimum absolute atomic E-state index is 0. The highest BCUT2D eigenvalue weighted by molar-refractivity contribution is 14.0. The van der Waals surface area contributed by atoms with E-state index < -0.39 is 0 Å². The second-order valence-corrected chi connectivity index (χ2v) is 5.16. The normalized spacial score (nSPS) is 11.2. The maximum absolute atomic E-state index is 5.35. The number of fused-ring (bicyclic) bond motifs is 1. The number of ether oxygens (including phenoxy) is 1. The lowest BCUT2D eigenvalue weighted by Gasteiger charge is -2.11. The maximum atomic E-state index is 5.35. The third kappa shape index (κ3) is 6.60. The predicted molar refractivity (Wildman–Crippen MR) is 111 cm³/mol. The first-order valence-electron chi connectivity index (χ1n) is 8.27. The Labute approximate surface area is 161 Å². The molecule has 0 aliphatic rings. The highest BCUT2D eigenvalue weighted by Gasteiger charge is 2.02. The number of guanidine groups is 1. The summed E-state index contributed by atoms with van der Waals surface area (Å²) in [5, 5.41) is 7.77. The molecule has 2 rings (SSSR count). The fourth-order valence-electron chi connectivity index (χ4n) is 2.32. The number of nitrogens with one attached hydrogen (secondary N) is 2. The van der Waals surface area contributed by atoms with Crippen LogP contribution in [0, 0.1) is 0 Å². The Morgan fingerprint density at radius 1 is 1.17 bits per heavy atom. The Bertz CT molecular complexity index is 628. The molecule has 0 unspecified atom stereocenters. The molecule has 0 bridgehead atoms. The molecule has 1 aromatic heterocycles. The summed E-state index contributed by atoms with van der Waals surface area (Å²) in [5.74, 6) is 0.838. The first kappa shape index (κ1) is 20.6. The molecule has 0 saturated carbocycles. The molecule has 0 aliphatic carbocycles. The van der Waals surface area contributed by atoms with Gasteiger partial charge >= 0.3 is 0 Å². The highest BCUT2D eigenvalue weighted by Crippen LogP contribution is 2.16. The van der Waals surface area contributed by atoms with Gasteiger partial charge in [-0.1, -0.05) is 18.2 Å².